The molecule has 0 aliphatic carbocycles. The number of nitrogens with zero attached hydrogens (tertiary/aromatic N) is 2. The van der Waals surface area contributed by atoms with Crippen molar-refractivity contribution in [3.63, 3.8) is 0 Å². The molecule has 0 spiro atoms. The van der Waals surface area contributed by atoms with Crippen molar-refractivity contribution in [1.82, 2.24) is 9.47 Å². The highest BCUT2D eigenvalue weighted by molar-refractivity contribution is 5.90. The standard InChI is InChI=1S/C16H23FN2O.ClH/c1-5-8-20-15-10-13(17)9-14-16(15)12(11-19(14)4)6-7-18(2)3;/h9-11H,5-8H2,1-4H3;1H. The molecule has 0 aliphatic rings. The highest BCUT2D eigenvalue weighted by Crippen LogP contribution is 2.32. The zero-order chi connectivity index (χ0) is 14.7. The molecule has 0 unspecified atom stereocenters. The topological polar surface area (TPSA) is 17.4 Å². The minimum Gasteiger partial charge on any atom is -0.493 e. The van der Waals surface area contributed by atoms with Gasteiger partial charge in [-0.25, -0.2) is 4.39 Å². The number of likely N-dealkylation sites (N-methyl/N-ethyl adjacent to an activating group) is 1. The molecule has 0 radical (unpaired) electrons. The summed E-state index contributed by atoms with van der Waals surface area (Å²) in [5.41, 5.74) is 2.10. The summed E-state index contributed by atoms with van der Waals surface area (Å²) < 4.78 is 21.4. The summed E-state index contributed by atoms with van der Waals surface area (Å²) in [7, 11) is 6.06. The molecule has 2 rings (SSSR count). The van der Waals surface area contributed by atoms with Gasteiger partial charge in [0.2, 0.25) is 0 Å². The van der Waals surface area contributed by atoms with Gasteiger partial charge in [-0.15, -0.1) is 12.4 Å². The SMILES string of the molecule is CCCOc1cc(F)cc2c1c(CCN(C)C)cn2C.Cl. The number of aromatic nitrogens is 1. The summed E-state index contributed by atoms with van der Waals surface area (Å²) in [5.74, 6) is 0.417. The largest absolute Gasteiger partial charge is 0.493 e. The van der Waals surface area contributed by atoms with Crippen LogP contribution in [-0.4, -0.2) is 36.7 Å². The van der Waals surface area contributed by atoms with Crippen LogP contribution in [0.2, 0.25) is 0 Å². The van der Waals surface area contributed by atoms with Gasteiger partial charge in [0, 0.05) is 31.2 Å². The lowest BCUT2D eigenvalue weighted by atomic mass is 10.1. The van der Waals surface area contributed by atoms with Crippen molar-refractivity contribution in [2.75, 3.05) is 27.2 Å². The van der Waals surface area contributed by atoms with E-state index < -0.39 is 0 Å². The van der Waals surface area contributed by atoms with E-state index in [0.29, 0.717) is 12.4 Å². The second kappa shape index (κ2) is 7.66. The van der Waals surface area contributed by atoms with E-state index in [0.717, 1.165) is 30.3 Å². The zero-order valence-electron chi connectivity index (χ0n) is 13.1. The summed E-state index contributed by atoms with van der Waals surface area (Å²) in [4.78, 5) is 2.15. The number of fused-ring (bicyclic) bond motifs is 1. The first-order chi connectivity index (χ1) is 9.52. The van der Waals surface area contributed by atoms with Crippen molar-refractivity contribution in [2.45, 2.75) is 19.8 Å². The van der Waals surface area contributed by atoms with Gasteiger partial charge in [-0.05, 0) is 38.6 Å². The van der Waals surface area contributed by atoms with Crippen LogP contribution >= 0.6 is 12.4 Å². The van der Waals surface area contributed by atoms with E-state index in [1.165, 1.54) is 11.6 Å². The second-order valence-electron chi connectivity index (χ2n) is 5.47. The van der Waals surface area contributed by atoms with Crippen LogP contribution in [-0.2, 0) is 13.5 Å². The maximum Gasteiger partial charge on any atom is 0.131 e. The van der Waals surface area contributed by atoms with Gasteiger partial charge in [-0.2, -0.15) is 0 Å². The Morgan fingerprint density at radius 3 is 2.62 bits per heavy atom. The van der Waals surface area contributed by atoms with E-state index in [4.69, 9.17) is 4.74 Å². The fourth-order valence-corrected chi connectivity index (χ4v) is 2.40. The summed E-state index contributed by atoms with van der Waals surface area (Å²) in [6.07, 6.45) is 3.92. The minimum absolute atomic E-state index is 0. The number of halogens is 2. The summed E-state index contributed by atoms with van der Waals surface area (Å²) in [5, 5.41) is 1.05. The van der Waals surface area contributed by atoms with Crippen LogP contribution in [0, 0.1) is 5.82 Å². The Labute approximate surface area is 132 Å². The van der Waals surface area contributed by atoms with Crippen LogP contribution in [0.5, 0.6) is 5.75 Å². The second-order valence-corrected chi connectivity index (χ2v) is 5.47. The molecule has 1 heterocycles. The molecular formula is C16H24ClFN2O. The highest BCUT2D eigenvalue weighted by Gasteiger charge is 2.14. The molecule has 5 heteroatoms. The van der Waals surface area contributed by atoms with Crippen LogP contribution < -0.4 is 4.74 Å². The van der Waals surface area contributed by atoms with Crippen molar-refractivity contribution < 1.29 is 9.13 Å². The molecule has 0 bridgehead atoms. The third-order valence-corrected chi connectivity index (χ3v) is 3.39. The number of hydrogen-bond acceptors (Lipinski definition) is 2. The average Bonchev–Trinajstić information content (AvgIpc) is 2.70. The summed E-state index contributed by atoms with van der Waals surface area (Å²) >= 11 is 0. The first-order valence-electron chi connectivity index (χ1n) is 7.08. The molecule has 118 valence electrons. The fourth-order valence-electron chi connectivity index (χ4n) is 2.40. The van der Waals surface area contributed by atoms with E-state index in [1.54, 1.807) is 6.07 Å². The highest BCUT2D eigenvalue weighted by atomic mass is 35.5. The van der Waals surface area contributed by atoms with Gasteiger partial charge in [0.25, 0.3) is 0 Å². The van der Waals surface area contributed by atoms with Gasteiger partial charge < -0.3 is 14.2 Å². The predicted molar refractivity (Wildman–Crippen MR) is 88.2 cm³/mol. The Morgan fingerprint density at radius 1 is 1.29 bits per heavy atom. The Hall–Kier alpha value is -1.26. The van der Waals surface area contributed by atoms with Gasteiger partial charge in [-0.3, -0.25) is 0 Å². The molecule has 21 heavy (non-hydrogen) atoms. The normalized spacial score (nSPS) is 11.0. The van der Waals surface area contributed by atoms with Crippen LogP contribution in [0.4, 0.5) is 4.39 Å². The molecule has 0 N–H and O–H groups in total. The molecule has 0 atom stereocenters. The number of rotatable bonds is 6. The molecule has 0 saturated heterocycles. The number of hydrogen-bond donors (Lipinski definition) is 0. The first-order valence-corrected chi connectivity index (χ1v) is 7.08. The van der Waals surface area contributed by atoms with E-state index in [1.807, 2.05) is 11.6 Å². The van der Waals surface area contributed by atoms with Crippen LogP contribution in [0.3, 0.4) is 0 Å². The number of benzene rings is 1. The third-order valence-electron chi connectivity index (χ3n) is 3.39. The van der Waals surface area contributed by atoms with Gasteiger partial charge in [0.15, 0.2) is 0 Å². The Bertz CT molecular complexity index is 595. The quantitative estimate of drug-likeness (QED) is 0.810. The van der Waals surface area contributed by atoms with Crippen LogP contribution in [0.1, 0.15) is 18.9 Å². The molecular weight excluding hydrogens is 291 g/mol. The van der Waals surface area contributed by atoms with E-state index in [-0.39, 0.29) is 18.2 Å². The lowest BCUT2D eigenvalue weighted by Crippen LogP contribution is -2.15. The molecule has 3 nitrogen and oxygen atoms in total. The third kappa shape index (κ3) is 4.11. The Kier molecular flexibility index (Phi) is 6.49. The van der Waals surface area contributed by atoms with Gasteiger partial charge in [-0.1, -0.05) is 6.92 Å². The number of aryl methyl sites for hydroxylation is 1. The summed E-state index contributed by atoms with van der Waals surface area (Å²) in [6.45, 7) is 3.62. The Morgan fingerprint density at radius 2 is 2.00 bits per heavy atom. The molecule has 1 aromatic heterocycles. The van der Waals surface area contributed by atoms with Crippen LogP contribution in [0.25, 0.3) is 10.9 Å². The average molecular weight is 315 g/mol. The fraction of sp³-hybridized carbons (Fsp3) is 0.500. The minimum atomic E-state index is -0.246. The monoisotopic (exact) mass is 314 g/mol. The maximum absolute atomic E-state index is 13.7. The van der Waals surface area contributed by atoms with Gasteiger partial charge in [0.05, 0.1) is 12.1 Å². The lowest BCUT2D eigenvalue weighted by Gasteiger charge is -2.11. The van der Waals surface area contributed by atoms with Crippen LogP contribution in [0.15, 0.2) is 18.3 Å². The lowest BCUT2D eigenvalue weighted by molar-refractivity contribution is 0.319. The molecule has 0 amide bonds. The van der Waals surface area contributed by atoms with E-state index >= 15 is 0 Å². The number of ether oxygens (including phenoxy) is 1. The summed E-state index contributed by atoms with van der Waals surface area (Å²) in [6, 6.07) is 3.07. The maximum atomic E-state index is 13.7. The van der Waals surface area contributed by atoms with E-state index in [2.05, 4.69) is 32.1 Å². The molecule has 0 aliphatic heterocycles. The van der Waals surface area contributed by atoms with Crippen molar-refractivity contribution >= 4 is 23.3 Å². The molecule has 2 aromatic rings. The predicted octanol–water partition coefficient (Wildman–Crippen LogP) is 3.63. The van der Waals surface area contributed by atoms with Crippen molar-refractivity contribution in [1.29, 1.82) is 0 Å². The molecule has 0 fully saturated rings. The van der Waals surface area contributed by atoms with Crippen molar-refractivity contribution in [3.05, 3.63) is 29.7 Å². The first kappa shape index (κ1) is 17.8. The smallest absolute Gasteiger partial charge is 0.131 e. The van der Waals surface area contributed by atoms with Crippen molar-refractivity contribution in [2.24, 2.45) is 7.05 Å². The Balaban J connectivity index is 0.00000220. The molecule has 0 saturated carbocycles. The van der Waals surface area contributed by atoms with Crippen molar-refractivity contribution in [3.8, 4) is 5.75 Å². The van der Waals surface area contributed by atoms with Gasteiger partial charge in [0.1, 0.15) is 11.6 Å². The van der Waals surface area contributed by atoms with E-state index in [9.17, 15) is 4.39 Å². The molecule has 1 aromatic carbocycles. The van der Waals surface area contributed by atoms with Gasteiger partial charge >= 0.3 is 0 Å². The zero-order valence-corrected chi connectivity index (χ0v) is 14.0.